The van der Waals surface area contributed by atoms with Crippen molar-refractivity contribution < 1.29 is 4.79 Å². The molecule has 0 bridgehead atoms. The molecule has 5 heteroatoms. The normalized spacial score (nSPS) is 10.8. The summed E-state index contributed by atoms with van der Waals surface area (Å²) >= 11 is 10.0. The Morgan fingerprint density at radius 3 is 2.67 bits per heavy atom. The van der Waals surface area contributed by atoms with E-state index in [2.05, 4.69) is 27.9 Å². The van der Waals surface area contributed by atoms with Crippen LogP contribution < -0.4 is 5.32 Å². The van der Waals surface area contributed by atoms with E-state index in [-0.39, 0.29) is 5.91 Å². The Morgan fingerprint density at radius 1 is 1.19 bits per heavy atom. The van der Waals surface area contributed by atoms with Crippen molar-refractivity contribution >= 4 is 67.2 Å². The van der Waals surface area contributed by atoms with E-state index >= 15 is 0 Å². The molecule has 0 unspecified atom stereocenters. The second-order valence-electron chi connectivity index (χ2n) is 4.63. The van der Waals surface area contributed by atoms with E-state index in [1.807, 2.05) is 49.4 Å². The summed E-state index contributed by atoms with van der Waals surface area (Å²) in [5, 5.41) is 4.44. The zero-order chi connectivity index (χ0) is 15.0. The van der Waals surface area contributed by atoms with Gasteiger partial charge in [0.1, 0.15) is 4.88 Å². The van der Waals surface area contributed by atoms with Gasteiger partial charge >= 0.3 is 0 Å². The molecule has 1 N–H and O–H groups in total. The first-order valence-electron chi connectivity index (χ1n) is 6.31. The highest BCUT2D eigenvalue weighted by Crippen LogP contribution is 2.37. The number of carbonyl (C=O) groups excluding carboxylic acids is 1. The Labute approximate surface area is 145 Å². The monoisotopic (exact) mass is 427 g/mol. The molecule has 2 nitrogen and oxygen atoms in total. The number of amides is 1. The van der Waals surface area contributed by atoms with Crippen LogP contribution in [0, 0.1) is 10.5 Å². The molecule has 1 amide bonds. The predicted molar refractivity (Wildman–Crippen MR) is 98.7 cm³/mol. The Morgan fingerprint density at radius 2 is 1.95 bits per heavy atom. The average molecular weight is 428 g/mol. The van der Waals surface area contributed by atoms with Crippen LogP contribution in [0.5, 0.6) is 0 Å². The van der Waals surface area contributed by atoms with Crippen molar-refractivity contribution in [3.05, 3.63) is 61.5 Å². The van der Waals surface area contributed by atoms with E-state index in [9.17, 15) is 4.79 Å². The number of carbonyl (C=O) groups is 1. The molecule has 0 saturated heterocycles. The third-order valence-corrected chi connectivity index (χ3v) is 5.78. The van der Waals surface area contributed by atoms with E-state index < -0.39 is 0 Å². The van der Waals surface area contributed by atoms with Gasteiger partial charge in [-0.25, -0.2) is 0 Å². The van der Waals surface area contributed by atoms with Gasteiger partial charge < -0.3 is 5.32 Å². The fourth-order valence-electron chi connectivity index (χ4n) is 2.16. The summed E-state index contributed by atoms with van der Waals surface area (Å²) < 4.78 is 2.03. The lowest BCUT2D eigenvalue weighted by Gasteiger charge is -2.06. The van der Waals surface area contributed by atoms with Crippen LogP contribution in [-0.4, -0.2) is 5.91 Å². The first-order valence-corrected chi connectivity index (χ1v) is 8.58. The van der Waals surface area contributed by atoms with Crippen molar-refractivity contribution in [3.8, 4) is 0 Å². The van der Waals surface area contributed by atoms with E-state index in [0.717, 1.165) is 24.9 Å². The summed E-state index contributed by atoms with van der Waals surface area (Å²) in [6, 6.07) is 13.6. The maximum atomic E-state index is 12.5. The number of nitrogens with one attached hydrogen (secondary N) is 1. The van der Waals surface area contributed by atoms with Crippen molar-refractivity contribution in [2.75, 3.05) is 5.32 Å². The zero-order valence-corrected chi connectivity index (χ0v) is 14.8. The minimum absolute atomic E-state index is 0.162. The van der Waals surface area contributed by atoms with Crippen molar-refractivity contribution in [3.63, 3.8) is 0 Å². The number of hydrogen-bond donors (Lipinski definition) is 1. The van der Waals surface area contributed by atoms with Crippen molar-refractivity contribution in [1.29, 1.82) is 0 Å². The molecule has 106 valence electrons. The van der Waals surface area contributed by atoms with Gasteiger partial charge in [-0.1, -0.05) is 35.9 Å². The lowest BCUT2D eigenvalue weighted by atomic mass is 10.1. The molecular formula is C16H11ClINOS. The summed E-state index contributed by atoms with van der Waals surface area (Å²) in [4.78, 5) is 13.0. The van der Waals surface area contributed by atoms with Gasteiger partial charge in [0.2, 0.25) is 0 Å². The number of rotatable bonds is 2. The number of aryl methyl sites for hydroxylation is 1. The fraction of sp³-hybridized carbons (Fsp3) is 0.0625. The fourth-order valence-corrected chi connectivity index (χ4v) is 4.26. The van der Waals surface area contributed by atoms with Crippen molar-refractivity contribution in [2.45, 2.75) is 6.92 Å². The molecule has 1 aromatic heterocycles. The van der Waals surface area contributed by atoms with Gasteiger partial charge in [-0.15, -0.1) is 11.3 Å². The van der Waals surface area contributed by atoms with E-state index in [0.29, 0.717) is 9.90 Å². The quantitative estimate of drug-likeness (QED) is 0.521. The van der Waals surface area contributed by atoms with Crippen LogP contribution in [0.25, 0.3) is 10.1 Å². The molecule has 0 aliphatic rings. The zero-order valence-electron chi connectivity index (χ0n) is 11.1. The highest BCUT2D eigenvalue weighted by molar-refractivity contribution is 14.1. The maximum Gasteiger partial charge on any atom is 0.267 e. The van der Waals surface area contributed by atoms with Gasteiger partial charge in [0.05, 0.1) is 10.7 Å². The molecule has 0 radical (unpaired) electrons. The summed E-state index contributed by atoms with van der Waals surface area (Å²) in [6.07, 6.45) is 0. The molecule has 0 fully saturated rings. The van der Waals surface area contributed by atoms with Crippen LogP contribution in [0.1, 0.15) is 15.2 Å². The van der Waals surface area contributed by atoms with Gasteiger partial charge in [0, 0.05) is 13.7 Å². The average Bonchev–Trinajstić information content (AvgIpc) is 2.80. The van der Waals surface area contributed by atoms with Crippen LogP contribution in [-0.2, 0) is 0 Å². The number of anilines is 1. The molecule has 0 atom stereocenters. The molecule has 0 saturated carbocycles. The number of hydrogen-bond acceptors (Lipinski definition) is 2. The number of fused-ring (bicyclic) bond motifs is 1. The first kappa shape index (κ1) is 14.8. The topological polar surface area (TPSA) is 29.1 Å². The van der Waals surface area contributed by atoms with Crippen molar-refractivity contribution in [1.82, 2.24) is 0 Å². The second-order valence-corrected chi connectivity index (χ2v) is 7.22. The Bertz CT molecular complexity index is 843. The smallest absolute Gasteiger partial charge is 0.267 e. The Balaban J connectivity index is 2.01. The largest absolute Gasteiger partial charge is 0.320 e. The molecule has 21 heavy (non-hydrogen) atoms. The molecule has 0 aliphatic carbocycles. The van der Waals surface area contributed by atoms with Gasteiger partial charge in [-0.2, -0.15) is 0 Å². The third-order valence-electron chi connectivity index (χ3n) is 3.19. The second kappa shape index (κ2) is 5.94. The van der Waals surface area contributed by atoms with Crippen LogP contribution in [0.2, 0.25) is 5.02 Å². The van der Waals surface area contributed by atoms with Gasteiger partial charge in [0.25, 0.3) is 5.91 Å². The molecule has 3 rings (SSSR count). The van der Waals surface area contributed by atoms with Gasteiger partial charge in [-0.3, -0.25) is 4.79 Å². The van der Waals surface area contributed by atoms with Crippen LogP contribution >= 0.6 is 45.5 Å². The molecule has 0 spiro atoms. The standard InChI is InChI=1S/C16H11ClINOS/c1-9-5-4-8-12-13(9)14(17)15(21-12)16(20)19-11-7-3-2-6-10(11)18/h2-8H,1H3,(H,19,20). The highest BCUT2D eigenvalue weighted by atomic mass is 127. The molecule has 1 heterocycles. The number of halogens is 2. The maximum absolute atomic E-state index is 12.5. The van der Waals surface area contributed by atoms with E-state index in [1.165, 1.54) is 11.3 Å². The van der Waals surface area contributed by atoms with Crippen LogP contribution in [0.3, 0.4) is 0 Å². The first-order chi connectivity index (χ1) is 10.1. The minimum Gasteiger partial charge on any atom is -0.320 e. The summed E-state index contributed by atoms with van der Waals surface area (Å²) in [5.41, 5.74) is 1.88. The van der Waals surface area contributed by atoms with E-state index in [4.69, 9.17) is 11.6 Å². The highest BCUT2D eigenvalue weighted by Gasteiger charge is 2.18. The minimum atomic E-state index is -0.162. The Hall–Kier alpha value is -1.11. The lowest BCUT2D eigenvalue weighted by Crippen LogP contribution is -2.11. The molecule has 3 aromatic rings. The van der Waals surface area contributed by atoms with Crippen LogP contribution in [0.4, 0.5) is 5.69 Å². The number of benzene rings is 2. The predicted octanol–water partition coefficient (Wildman–Crippen LogP) is 5.72. The van der Waals surface area contributed by atoms with E-state index in [1.54, 1.807) is 0 Å². The Kier molecular flexibility index (Phi) is 4.19. The molecule has 0 aliphatic heterocycles. The summed E-state index contributed by atoms with van der Waals surface area (Å²) in [5.74, 6) is -0.162. The third kappa shape index (κ3) is 2.80. The van der Waals surface area contributed by atoms with Gasteiger partial charge in [-0.05, 0) is 53.3 Å². The SMILES string of the molecule is Cc1cccc2sc(C(=O)Nc3ccccc3I)c(Cl)c12. The van der Waals surface area contributed by atoms with Gasteiger partial charge in [0.15, 0.2) is 0 Å². The summed E-state index contributed by atoms with van der Waals surface area (Å²) in [7, 11) is 0. The molecule has 2 aromatic carbocycles. The number of thiophene rings is 1. The number of para-hydroxylation sites is 1. The van der Waals surface area contributed by atoms with Crippen LogP contribution in [0.15, 0.2) is 42.5 Å². The lowest BCUT2D eigenvalue weighted by molar-refractivity contribution is 0.103. The molecular weight excluding hydrogens is 417 g/mol. The summed E-state index contributed by atoms with van der Waals surface area (Å²) in [6.45, 7) is 2.00. The van der Waals surface area contributed by atoms with Crippen molar-refractivity contribution in [2.24, 2.45) is 0 Å².